The standard InChI is InChI=1S/C26H32O2P/c1-25(2,3)22-16-11-17-23(26(4,5)6)24(22)29(27,28)21-15-10-14-20(18-21)19-12-8-7-9-13-19/h7-18,27-28H,1-6H3/q+1. The van der Waals surface area contributed by atoms with E-state index in [9.17, 15) is 9.79 Å². The van der Waals surface area contributed by atoms with Gasteiger partial charge >= 0.3 is 7.72 Å². The van der Waals surface area contributed by atoms with Crippen LogP contribution in [0.5, 0.6) is 0 Å². The molecule has 0 unspecified atom stereocenters. The molecule has 2 nitrogen and oxygen atoms in total. The van der Waals surface area contributed by atoms with Gasteiger partial charge < -0.3 is 0 Å². The second kappa shape index (κ2) is 7.69. The summed E-state index contributed by atoms with van der Waals surface area (Å²) in [5, 5.41) is 1.28. The van der Waals surface area contributed by atoms with Gasteiger partial charge in [0.25, 0.3) is 0 Å². The maximum Gasteiger partial charge on any atom is 0.333 e. The van der Waals surface area contributed by atoms with Gasteiger partial charge in [0.05, 0.1) is 0 Å². The fourth-order valence-corrected chi connectivity index (χ4v) is 6.09. The SMILES string of the molecule is CC(C)(C)c1cccc(C(C)(C)C)c1[P+](O)(O)c1cccc(-c2ccccc2)c1. The predicted molar refractivity (Wildman–Crippen MR) is 126 cm³/mol. The van der Waals surface area contributed by atoms with Crippen molar-refractivity contribution in [3.05, 3.63) is 83.9 Å². The summed E-state index contributed by atoms with van der Waals surface area (Å²) in [4.78, 5) is 23.4. The smallest absolute Gasteiger partial charge is 0.210 e. The largest absolute Gasteiger partial charge is 0.333 e. The Hall–Kier alpha value is -1.99. The minimum Gasteiger partial charge on any atom is -0.210 e. The molecule has 0 saturated heterocycles. The molecule has 2 N–H and O–H groups in total. The third-order valence-corrected chi connectivity index (χ3v) is 7.38. The molecule has 0 amide bonds. The third-order valence-electron chi connectivity index (χ3n) is 5.28. The number of rotatable bonds is 3. The molecular formula is C26H32O2P+. The zero-order valence-electron chi connectivity index (χ0n) is 18.3. The van der Waals surface area contributed by atoms with E-state index in [1.807, 2.05) is 72.8 Å². The van der Waals surface area contributed by atoms with E-state index in [4.69, 9.17) is 0 Å². The van der Waals surface area contributed by atoms with Crippen molar-refractivity contribution in [2.24, 2.45) is 0 Å². The molecule has 0 radical (unpaired) electrons. The van der Waals surface area contributed by atoms with Crippen molar-refractivity contribution in [3.63, 3.8) is 0 Å². The van der Waals surface area contributed by atoms with Crippen molar-refractivity contribution >= 4 is 18.3 Å². The first kappa shape index (κ1) is 21.7. The summed E-state index contributed by atoms with van der Waals surface area (Å²) in [6.07, 6.45) is 0. The maximum atomic E-state index is 11.7. The second-order valence-corrected chi connectivity index (χ2v) is 11.9. The first-order chi connectivity index (χ1) is 13.4. The zero-order chi connectivity index (χ0) is 21.4. The Morgan fingerprint density at radius 2 is 1.07 bits per heavy atom. The monoisotopic (exact) mass is 407 g/mol. The van der Waals surface area contributed by atoms with E-state index in [0.29, 0.717) is 10.6 Å². The Morgan fingerprint density at radius 1 is 0.586 bits per heavy atom. The summed E-state index contributed by atoms with van der Waals surface area (Å²) in [6.45, 7) is 12.7. The van der Waals surface area contributed by atoms with E-state index in [-0.39, 0.29) is 10.8 Å². The molecular weight excluding hydrogens is 375 g/mol. The summed E-state index contributed by atoms with van der Waals surface area (Å²) >= 11 is 0. The molecule has 3 heteroatoms. The summed E-state index contributed by atoms with van der Waals surface area (Å²) < 4.78 is 0. The maximum absolute atomic E-state index is 11.7. The van der Waals surface area contributed by atoms with Crippen LogP contribution in [0.3, 0.4) is 0 Å². The lowest BCUT2D eigenvalue weighted by atomic mass is 9.80. The van der Waals surface area contributed by atoms with Crippen molar-refractivity contribution in [1.82, 2.24) is 0 Å². The van der Waals surface area contributed by atoms with Crippen LogP contribution in [0.1, 0.15) is 52.7 Å². The molecule has 0 heterocycles. The minimum atomic E-state index is -3.56. The highest BCUT2D eigenvalue weighted by Crippen LogP contribution is 2.52. The van der Waals surface area contributed by atoms with Gasteiger partial charge in [0.15, 0.2) is 10.6 Å². The quantitative estimate of drug-likeness (QED) is 0.544. The average Bonchev–Trinajstić information content (AvgIpc) is 2.67. The van der Waals surface area contributed by atoms with E-state index in [1.165, 1.54) is 0 Å². The van der Waals surface area contributed by atoms with Crippen LogP contribution >= 0.6 is 7.72 Å². The lowest BCUT2D eigenvalue weighted by molar-refractivity contribution is 0.474. The van der Waals surface area contributed by atoms with Gasteiger partial charge in [0.1, 0.15) is 0 Å². The fraction of sp³-hybridized carbons (Fsp3) is 0.308. The van der Waals surface area contributed by atoms with Gasteiger partial charge in [0.2, 0.25) is 0 Å². The highest BCUT2D eigenvalue weighted by Gasteiger charge is 2.47. The normalized spacial score (nSPS) is 12.8. The average molecular weight is 408 g/mol. The second-order valence-electron chi connectivity index (χ2n) is 9.72. The van der Waals surface area contributed by atoms with Crippen LogP contribution in [-0.2, 0) is 10.8 Å². The molecule has 3 aromatic carbocycles. The Balaban J connectivity index is 2.25. The number of hydrogen-bond acceptors (Lipinski definition) is 2. The van der Waals surface area contributed by atoms with Gasteiger partial charge in [-0.1, -0.05) is 102 Å². The van der Waals surface area contributed by atoms with E-state index in [0.717, 1.165) is 22.3 Å². The molecule has 0 spiro atoms. The molecule has 29 heavy (non-hydrogen) atoms. The van der Waals surface area contributed by atoms with Crippen LogP contribution in [-0.4, -0.2) is 9.79 Å². The van der Waals surface area contributed by atoms with Crippen molar-refractivity contribution in [2.75, 3.05) is 0 Å². The molecule has 0 bridgehead atoms. The van der Waals surface area contributed by atoms with Crippen molar-refractivity contribution in [3.8, 4) is 11.1 Å². The van der Waals surface area contributed by atoms with Crippen LogP contribution in [0, 0.1) is 0 Å². The van der Waals surface area contributed by atoms with Crippen molar-refractivity contribution in [1.29, 1.82) is 0 Å². The highest BCUT2D eigenvalue weighted by molar-refractivity contribution is 7.79. The number of hydrogen-bond donors (Lipinski definition) is 2. The molecule has 3 aromatic rings. The van der Waals surface area contributed by atoms with Crippen molar-refractivity contribution < 1.29 is 9.79 Å². The Morgan fingerprint density at radius 3 is 1.59 bits per heavy atom. The first-order valence-electron chi connectivity index (χ1n) is 10.1. The lowest BCUT2D eigenvalue weighted by Gasteiger charge is -2.30. The molecule has 0 fully saturated rings. The topological polar surface area (TPSA) is 40.5 Å². The summed E-state index contributed by atoms with van der Waals surface area (Å²) in [6, 6.07) is 23.8. The minimum absolute atomic E-state index is 0.204. The van der Waals surface area contributed by atoms with E-state index < -0.39 is 7.72 Å². The molecule has 0 aliphatic heterocycles. The van der Waals surface area contributed by atoms with Crippen LogP contribution in [0.15, 0.2) is 72.8 Å². The van der Waals surface area contributed by atoms with Gasteiger partial charge in [0, 0.05) is 11.1 Å². The summed E-state index contributed by atoms with van der Waals surface area (Å²) in [5.41, 5.74) is 3.63. The van der Waals surface area contributed by atoms with Crippen LogP contribution in [0.25, 0.3) is 11.1 Å². The predicted octanol–water partition coefficient (Wildman–Crippen LogP) is 5.73. The van der Waals surface area contributed by atoms with Gasteiger partial charge in [-0.3, -0.25) is 0 Å². The lowest BCUT2D eigenvalue weighted by Crippen LogP contribution is -2.35. The van der Waals surface area contributed by atoms with Gasteiger partial charge in [-0.05, 0) is 34.1 Å². The third kappa shape index (κ3) is 4.46. The van der Waals surface area contributed by atoms with E-state index in [2.05, 4.69) is 41.5 Å². The molecule has 0 aliphatic carbocycles. The van der Waals surface area contributed by atoms with E-state index >= 15 is 0 Å². The first-order valence-corrected chi connectivity index (χ1v) is 11.8. The summed E-state index contributed by atoms with van der Waals surface area (Å²) in [7, 11) is -3.56. The van der Waals surface area contributed by atoms with Crippen LogP contribution < -0.4 is 10.6 Å². The van der Waals surface area contributed by atoms with Gasteiger partial charge in [-0.15, -0.1) is 0 Å². The molecule has 0 aliphatic rings. The molecule has 0 aromatic heterocycles. The van der Waals surface area contributed by atoms with Gasteiger partial charge in [-0.2, -0.15) is 0 Å². The van der Waals surface area contributed by atoms with Crippen LogP contribution in [0.4, 0.5) is 0 Å². The molecule has 0 saturated carbocycles. The summed E-state index contributed by atoms with van der Waals surface area (Å²) in [5.74, 6) is 0. The van der Waals surface area contributed by atoms with Gasteiger partial charge in [-0.25, -0.2) is 9.79 Å². The zero-order valence-corrected chi connectivity index (χ0v) is 19.2. The highest BCUT2D eigenvalue weighted by atomic mass is 31.2. The van der Waals surface area contributed by atoms with Crippen LogP contribution in [0.2, 0.25) is 0 Å². The van der Waals surface area contributed by atoms with E-state index in [1.54, 1.807) is 0 Å². The molecule has 3 rings (SSSR count). The Bertz CT molecular complexity index is 961. The Labute approximate surface area is 175 Å². The number of benzene rings is 3. The van der Waals surface area contributed by atoms with Crippen molar-refractivity contribution in [2.45, 2.75) is 52.4 Å². The molecule has 152 valence electrons. The fourth-order valence-electron chi connectivity index (χ4n) is 3.73. The molecule has 0 atom stereocenters. The Kier molecular flexibility index (Phi) is 5.75.